The molecule has 0 radical (unpaired) electrons. The third-order valence-electron chi connectivity index (χ3n) is 6.76. The summed E-state index contributed by atoms with van der Waals surface area (Å²) in [5.41, 5.74) is 2.29. The molecular formula is C22H26N6O2. The zero-order valence-corrected chi connectivity index (χ0v) is 17.3. The monoisotopic (exact) mass is 406 g/mol. The molecule has 1 atom stereocenters. The molecule has 156 valence electrons. The number of nitrogens with zero attached hydrogens (tertiary/aromatic N) is 5. The number of hydrogen-bond acceptors (Lipinski definition) is 5. The van der Waals surface area contributed by atoms with E-state index in [1.54, 1.807) is 13.4 Å². The van der Waals surface area contributed by atoms with Crippen LogP contribution in [-0.2, 0) is 6.54 Å². The minimum absolute atomic E-state index is 0.00650. The third kappa shape index (κ3) is 2.98. The molecule has 2 aliphatic rings. The first kappa shape index (κ1) is 18.8. The molecule has 1 spiro atoms. The van der Waals surface area contributed by atoms with Gasteiger partial charge < -0.3 is 14.2 Å². The summed E-state index contributed by atoms with van der Waals surface area (Å²) < 4.78 is 7.40. The van der Waals surface area contributed by atoms with E-state index in [2.05, 4.69) is 31.9 Å². The Kier molecular flexibility index (Phi) is 4.56. The van der Waals surface area contributed by atoms with Crippen LogP contribution in [0.3, 0.4) is 0 Å². The van der Waals surface area contributed by atoms with Crippen LogP contribution in [0.25, 0.3) is 11.3 Å². The predicted molar refractivity (Wildman–Crippen MR) is 111 cm³/mol. The minimum Gasteiger partial charge on any atom is -0.497 e. The van der Waals surface area contributed by atoms with Gasteiger partial charge in [0.05, 0.1) is 12.8 Å². The van der Waals surface area contributed by atoms with Gasteiger partial charge in [-0.15, -0.1) is 10.2 Å². The molecule has 1 saturated heterocycles. The standard InChI is InChI=1S/C22H26N6O2/c1-3-27-14-23-26-20(27)17-12-28(13-22(17)8-5-9-22)21(29)19-11-18(24-25-19)15-6-4-7-16(10-15)30-2/h4,6-7,10-11,14,17H,3,5,8-9,12-13H2,1-2H3,(H,24,25). The summed E-state index contributed by atoms with van der Waals surface area (Å²) in [6.07, 6.45) is 5.27. The van der Waals surface area contributed by atoms with Gasteiger partial charge in [-0.1, -0.05) is 18.6 Å². The number of likely N-dealkylation sites (tertiary alicyclic amines) is 1. The number of aromatic amines is 1. The quantitative estimate of drug-likeness (QED) is 0.703. The van der Waals surface area contributed by atoms with Crippen LogP contribution >= 0.6 is 0 Å². The SMILES string of the molecule is CCn1cnnc1C1CN(C(=O)c2cc(-c3cccc(OC)c3)n[nH]2)CC12CCC2. The molecule has 3 heterocycles. The molecule has 1 aliphatic carbocycles. The fourth-order valence-corrected chi connectivity index (χ4v) is 4.93. The van der Waals surface area contributed by atoms with E-state index in [1.807, 2.05) is 35.2 Å². The predicted octanol–water partition coefficient (Wildman–Crippen LogP) is 3.11. The average molecular weight is 406 g/mol. The van der Waals surface area contributed by atoms with Crippen molar-refractivity contribution in [3.63, 3.8) is 0 Å². The maximum atomic E-state index is 13.3. The van der Waals surface area contributed by atoms with Gasteiger partial charge in [0, 0.05) is 31.1 Å². The molecule has 1 aliphatic heterocycles. The molecule has 0 bridgehead atoms. The van der Waals surface area contributed by atoms with E-state index in [9.17, 15) is 4.79 Å². The van der Waals surface area contributed by atoms with Crippen molar-refractivity contribution >= 4 is 5.91 Å². The average Bonchev–Trinajstić information content (AvgIpc) is 3.50. The summed E-state index contributed by atoms with van der Waals surface area (Å²) in [7, 11) is 1.64. The van der Waals surface area contributed by atoms with Gasteiger partial charge in [0.1, 0.15) is 23.6 Å². The van der Waals surface area contributed by atoms with Crippen LogP contribution in [-0.4, -0.2) is 56.0 Å². The number of H-pyrrole nitrogens is 1. The smallest absolute Gasteiger partial charge is 0.271 e. The second-order valence-corrected chi connectivity index (χ2v) is 8.33. The second-order valence-electron chi connectivity index (χ2n) is 8.33. The Bertz CT molecular complexity index is 1070. The van der Waals surface area contributed by atoms with Crippen molar-refractivity contribution in [1.82, 2.24) is 29.9 Å². The lowest BCUT2D eigenvalue weighted by molar-refractivity contribution is 0.0718. The van der Waals surface area contributed by atoms with E-state index in [0.717, 1.165) is 48.8 Å². The zero-order chi connectivity index (χ0) is 20.7. The number of rotatable bonds is 5. The molecule has 8 heteroatoms. The number of aromatic nitrogens is 5. The zero-order valence-electron chi connectivity index (χ0n) is 17.3. The summed E-state index contributed by atoms with van der Waals surface area (Å²) in [5.74, 6) is 2.00. The van der Waals surface area contributed by atoms with E-state index < -0.39 is 0 Å². The Morgan fingerprint density at radius 2 is 2.20 bits per heavy atom. The number of amides is 1. The number of aryl methyl sites for hydroxylation is 1. The van der Waals surface area contributed by atoms with Crippen molar-refractivity contribution in [2.24, 2.45) is 5.41 Å². The van der Waals surface area contributed by atoms with Gasteiger partial charge in [0.25, 0.3) is 5.91 Å². The molecule has 8 nitrogen and oxygen atoms in total. The molecular weight excluding hydrogens is 380 g/mol. The van der Waals surface area contributed by atoms with Gasteiger partial charge in [0.2, 0.25) is 0 Å². The lowest BCUT2D eigenvalue weighted by Gasteiger charge is -2.42. The Labute approximate surface area is 175 Å². The van der Waals surface area contributed by atoms with Crippen molar-refractivity contribution in [2.75, 3.05) is 20.2 Å². The Hall–Kier alpha value is -3.16. The van der Waals surface area contributed by atoms with Crippen LogP contribution in [0.2, 0.25) is 0 Å². The largest absolute Gasteiger partial charge is 0.497 e. The van der Waals surface area contributed by atoms with E-state index in [4.69, 9.17) is 4.74 Å². The van der Waals surface area contributed by atoms with Gasteiger partial charge in [-0.2, -0.15) is 5.10 Å². The summed E-state index contributed by atoms with van der Waals surface area (Å²) in [4.78, 5) is 15.3. The Balaban J connectivity index is 1.39. The first-order chi connectivity index (χ1) is 14.6. The number of nitrogens with one attached hydrogen (secondary N) is 1. The van der Waals surface area contributed by atoms with Crippen molar-refractivity contribution in [3.8, 4) is 17.0 Å². The number of methoxy groups -OCH3 is 1. The highest BCUT2D eigenvalue weighted by Gasteiger charge is 2.53. The third-order valence-corrected chi connectivity index (χ3v) is 6.76. The molecule has 1 amide bonds. The molecule has 30 heavy (non-hydrogen) atoms. The van der Waals surface area contributed by atoms with Gasteiger partial charge in [-0.05, 0) is 43.4 Å². The molecule has 1 unspecified atom stereocenters. The molecule has 2 aromatic heterocycles. The second kappa shape index (κ2) is 7.27. The highest BCUT2D eigenvalue weighted by molar-refractivity contribution is 5.93. The van der Waals surface area contributed by atoms with Gasteiger partial charge in [-0.3, -0.25) is 9.89 Å². The number of ether oxygens (including phenoxy) is 1. The number of hydrogen-bond donors (Lipinski definition) is 1. The summed E-state index contributed by atoms with van der Waals surface area (Å²) in [5, 5.41) is 15.8. The molecule has 1 aromatic carbocycles. The van der Waals surface area contributed by atoms with E-state index in [1.165, 1.54) is 6.42 Å². The first-order valence-corrected chi connectivity index (χ1v) is 10.5. The van der Waals surface area contributed by atoms with Crippen LogP contribution in [0.5, 0.6) is 5.75 Å². The maximum Gasteiger partial charge on any atom is 0.271 e. The van der Waals surface area contributed by atoms with Crippen LogP contribution in [0, 0.1) is 5.41 Å². The minimum atomic E-state index is -0.00650. The van der Waals surface area contributed by atoms with E-state index >= 15 is 0 Å². The van der Waals surface area contributed by atoms with Crippen molar-refractivity contribution < 1.29 is 9.53 Å². The Morgan fingerprint density at radius 3 is 2.93 bits per heavy atom. The highest BCUT2D eigenvalue weighted by atomic mass is 16.5. The van der Waals surface area contributed by atoms with Gasteiger partial charge in [-0.25, -0.2) is 0 Å². The molecule has 2 fully saturated rings. The number of benzene rings is 1. The molecule has 3 aromatic rings. The number of carbonyl (C=O) groups is 1. The fraction of sp³-hybridized carbons (Fsp3) is 0.455. The van der Waals surface area contributed by atoms with Gasteiger partial charge >= 0.3 is 0 Å². The topological polar surface area (TPSA) is 88.9 Å². The number of carbonyl (C=O) groups excluding carboxylic acids is 1. The van der Waals surface area contributed by atoms with Crippen molar-refractivity contribution in [3.05, 3.63) is 48.2 Å². The normalized spacial score (nSPS) is 19.8. The first-order valence-electron chi connectivity index (χ1n) is 10.5. The fourth-order valence-electron chi connectivity index (χ4n) is 4.93. The van der Waals surface area contributed by atoms with Crippen LogP contribution < -0.4 is 4.74 Å². The van der Waals surface area contributed by atoms with Crippen molar-refractivity contribution in [1.29, 1.82) is 0 Å². The molecule has 5 rings (SSSR count). The lowest BCUT2D eigenvalue weighted by atomic mass is 9.62. The summed E-state index contributed by atoms with van der Waals surface area (Å²) in [6.45, 7) is 4.38. The summed E-state index contributed by atoms with van der Waals surface area (Å²) >= 11 is 0. The van der Waals surface area contributed by atoms with E-state index in [0.29, 0.717) is 12.2 Å². The van der Waals surface area contributed by atoms with Crippen LogP contribution in [0.4, 0.5) is 0 Å². The maximum absolute atomic E-state index is 13.3. The van der Waals surface area contributed by atoms with Crippen LogP contribution in [0.1, 0.15) is 48.4 Å². The van der Waals surface area contributed by atoms with Crippen molar-refractivity contribution in [2.45, 2.75) is 38.6 Å². The van der Waals surface area contributed by atoms with Gasteiger partial charge in [0.15, 0.2) is 0 Å². The summed E-state index contributed by atoms with van der Waals surface area (Å²) in [6, 6.07) is 9.50. The lowest BCUT2D eigenvalue weighted by Crippen LogP contribution is -2.38. The van der Waals surface area contributed by atoms with E-state index in [-0.39, 0.29) is 17.2 Å². The van der Waals surface area contributed by atoms with Crippen LogP contribution in [0.15, 0.2) is 36.7 Å². The Morgan fingerprint density at radius 1 is 1.33 bits per heavy atom. The highest BCUT2D eigenvalue weighted by Crippen LogP contribution is 2.55. The molecule has 1 N–H and O–H groups in total. The molecule has 1 saturated carbocycles.